The molecule has 0 saturated carbocycles. The van der Waals surface area contributed by atoms with Gasteiger partial charge in [0.1, 0.15) is 5.92 Å². The predicted octanol–water partition coefficient (Wildman–Crippen LogP) is -0.00558. The topological polar surface area (TPSA) is 88.6 Å². The van der Waals surface area contributed by atoms with Crippen molar-refractivity contribution < 1.29 is 4.79 Å². The van der Waals surface area contributed by atoms with Crippen LogP contribution >= 0.6 is 0 Å². The number of nitrogens with one attached hydrogen (secondary N) is 2. The van der Waals surface area contributed by atoms with Crippen LogP contribution in [0.2, 0.25) is 0 Å². The molecule has 0 amide bonds. The van der Waals surface area contributed by atoms with Crippen LogP contribution in [0.1, 0.15) is 0 Å². The first-order valence-electron chi connectivity index (χ1n) is 2.20. The van der Waals surface area contributed by atoms with Gasteiger partial charge in [-0.3, -0.25) is 4.79 Å². The molecule has 0 bridgehead atoms. The van der Waals surface area contributed by atoms with Crippen LogP contribution < -0.4 is 0 Å². The Balaban J connectivity index is 4.15. The Kier molecular flexibility index (Phi) is 2.91. The molecule has 0 aromatic rings. The van der Waals surface area contributed by atoms with E-state index >= 15 is 0 Å². The Hall–Kier alpha value is -1.50. The van der Waals surface area contributed by atoms with Gasteiger partial charge in [-0.05, 0) is 0 Å². The van der Waals surface area contributed by atoms with E-state index in [1.54, 1.807) is 6.07 Å². The summed E-state index contributed by atoms with van der Waals surface area (Å²) in [6, 6.07) is 1.56. The minimum absolute atomic E-state index is 0.541. The zero-order valence-electron chi connectivity index (χ0n) is 4.59. The molecule has 0 aliphatic carbocycles. The molecule has 0 aliphatic rings. The molecular formula is C5H5N3O. The zero-order chi connectivity index (χ0) is 7.28. The van der Waals surface area contributed by atoms with Crippen molar-refractivity contribution in [2.45, 2.75) is 0 Å². The summed E-state index contributed by atoms with van der Waals surface area (Å²) in [5.74, 6) is -1.71. The summed E-state index contributed by atoms with van der Waals surface area (Å²) >= 11 is 0. The van der Waals surface area contributed by atoms with Gasteiger partial charge in [0.05, 0.1) is 12.3 Å². The molecule has 0 aromatic heterocycles. The van der Waals surface area contributed by atoms with E-state index in [0.717, 1.165) is 0 Å². The summed E-state index contributed by atoms with van der Waals surface area (Å²) in [5.41, 5.74) is 0. The molecule has 9 heavy (non-hydrogen) atoms. The molecule has 0 aromatic carbocycles. The summed E-state index contributed by atoms with van der Waals surface area (Å²) < 4.78 is 0. The number of Topliss-reactive ketones (excluding diaryl/α,β-unsaturated/α-hetero) is 1. The van der Waals surface area contributed by atoms with Crippen molar-refractivity contribution in [1.82, 2.24) is 0 Å². The Labute approximate surface area is 52.1 Å². The van der Waals surface area contributed by atoms with E-state index in [1.165, 1.54) is 0 Å². The highest BCUT2D eigenvalue weighted by Crippen LogP contribution is 1.87. The molecule has 1 unspecified atom stereocenters. The second kappa shape index (κ2) is 3.50. The highest BCUT2D eigenvalue weighted by Gasteiger charge is 2.10. The van der Waals surface area contributed by atoms with E-state index < -0.39 is 11.7 Å². The second-order valence-corrected chi connectivity index (χ2v) is 1.32. The molecule has 4 nitrogen and oxygen atoms in total. The van der Waals surface area contributed by atoms with E-state index in [0.29, 0.717) is 12.4 Å². The molecule has 2 N–H and O–H groups in total. The summed E-state index contributed by atoms with van der Waals surface area (Å²) in [4.78, 5) is 10.4. The van der Waals surface area contributed by atoms with Crippen molar-refractivity contribution >= 4 is 18.2 Å². The molecule has 0 heterocycles. The van der Waals surface area contributed by atoms with E-state index in [4.69, 9.17) is 16.1 Å². The van der Waals surface area contributed by atoms with Gasteiger partial charge >= 0.3 is 0 Å². The summed E-state index contributed by atoms with van der Waals surface area (Å²) in [5, 5.41) is 21.0. The van der Waals surface area contributed by atoms with Crippen LogP contribution in [-0.4, -0.2) is 18.2 Å². The number of carbonyl (C=O) groups excluding carboxylic acids is 1. The van der Waals surface area contributed by atoms with Gasteiger partial charge in [0.2, 0.25) is 0 Å². The highest BCUT2D eigenvalue weighted by molar-refractivity contribution is 6.31. The van der Waals surface area contributed by atoms with Crippen molar-refractivity contribution in [3.05, 3.63) is 0 Å². The SMILES string of the molecule is N#CC(C=N)C(=O)C=N. The molecule has 0 spiro atoms. The van der Waals surface area contributed by atoms with E-state index in [1.807, 2.05) is 0 Å². The molecule has 4 heteroatoms. The Morgan fingerprint density at radius 1 is 1.67 bits per heavy atom. The number of hydrogen-bond acceptors (Lipinski definition) is 4. The average molecular weight is 123 g/mol. The van der Waals surface area contributed by atoms with Gasteiger partial charge in [0.25, 0.3) is 0 Å². The lowest BCUT2D eigenvalue weighted by Crippen LogP contribution is -2.13. The van der Waals surface area contributed by atoms with Crippen LogP contribution in [0.5, 0.6) is 0 Å². The van der Waals surface area contributed by atoms with E-state index in [2.05, 4.69) is 0 Å². The van der Waals surface area contributed by atoms with E-state index in [-0.39, 0.29) is 0 Å². The fourth-order valence-electron chi connectivity index (χ4n) is 0.273. The number of rotatable bonds is 3. The molecule has 0 rings (SSSR count). The number of nitriles is 1. The summed E-state index contributed by atoms with van der Waals surface area (Å²) in [7, 11) is 0. The maximum absolute atomic E-state index is 10.4. The Bertz CT molecular complexity index is 179. The zero-order valence-corrected chi connectivity index (χ0v) is 4.59. The van der Waals surface area contributed by atoms with Gasteiger partial charge in [0, 0.05) is 6.21 Å². The lowest BCUT2D eigenvalue weighted by molar-refractivity contribution is -0.113. The fraction of sp³-hybridized carbons (Fsp3) is 0.200. The molecular weight excluding hydrogens is 118 g/mol. The van der Waals surface area contributed by atoms with Gasteiger partial charge in [-0.15, -0.1) is 0 Å². The largest absolute Gasteiger partial charge is 0.311 e. The van der Waals surface area contributed by atoms with Gasteiger partial charge in [0.15, 0.2) is 5.78 Å². The lowest BCUT2D eigenvalue weighted by Gasteiger charge is -1.89. The summed E-state index contributed by atoms with van der Waals surface area (Å²) in [6.07, 6.45) is 1.26. The Morgan fingerprint density at radius 2 is 2.22 bits per heavy atom. The minimum Gasteiger partial charge on any atom is -0.311 e. The predicted molar refractivity (Wildman–Crippen MR) is 31.7 cm³/mol. The highest BCUT2D eigenvalue weighted by atomic mass is 16.1. The third kappa shape index (κ3) is 1.82. The van der Waals surface area contributed by atoms with Gasteiger partial charge in [-0.2, -0.15) is 5.26 Å². The number of hydrogen-bond donors (Lipinski definition) is 2. The van der Waals surface area contributed by atoms with Crippen LogP contribution in [0.3, 0.4) is 0 Å². The van der Waals surface area contributed by atoms with Crippen LogP contribution in [-0.2, 0) is 4.79 Å². The van der Waals surface area contributed by atoms with Crippen LogP contribution in [0.25, 0.3) is 0 Å². The third-order valence-electron chi connectivity index (χ3n) is 0.755. The maximum atomic E-state index is 10.4. The molecule has 0 aliphatic heterocycles. The van der Waals surface area contributed by atoms with Crippen molar-refractivity contribution in [2.24, 2.45) is 5.92 Å². The minimum atomic E-state index is -1.07. The third-order valence-corrected chi connectivity index (χ3v) is 0.755. The van der Waals surface area contributed by atoms with Crippen molar-refractivity contribution in [3.63, 3.8) is 0 Å². The van der Waals surface area contributed by atoms with Gasteiger partial charge in [-0.25, -0.2) is 0 Å². The van der Waals surface area contributed by atoms with E-state index in [9.17, 15) is 4.79 Å². The lowest BCUT2D eigenvalue weighted by atomic mass is 10.1. The summed E-state index contributed by atoms with van der Waals surface area (Å²) in [6.45, 7) is 0. The quantitative estimate of drug-likeness (QED) is 0.517. The maximum Gasteiger partial charge on any atom is 0.195 e. The van der Waals surface area contributed by atoms with Crippen LogP contribution in [0.15, 0.2) is 0 Å². The first-order chi connectivity index (χ1) is 4.26. The van der Waals surface area contributed by atoms with Gasteiger partial charge < -0.3 is 10.8 Å². The second-order valence-electron chi connectivity index (χ2n) is 1.32. The number of nitrogens with zero attached hydrogens (tertiary/aromatic N) is 1. The van der Waals surface area contributed by atoms with Crippen molar-refractivity contribution in [2.75, 3.05) is 0 Å². The molecule has 0 fully saturated rings. The van der Waals surface area contributed by atoms with Crippen LogP contribution in [0, 0.1) is 28.1 Å². The molecule has 46 valence electrons. The molecule has 1 atom stereocenters. The molecule has 0 radical (unpaired) electrons. The Morgan fingerprint density at radius 3 is 2.33 bits per heavy atom. The normalized spacial score (nSPS) is 11.0. The molecule has 0 saturated heterocycles. The first-order valence-corrected chi connectivity index (χ1v) is 2.20. The monoisotopic (exact) mass is 123 g/mol. The van der Waals surface area contributed by atoms with Gasteiger partial charge in [-0.1, -0.05) is 0 Å². The number of carbonyl (C=O) groups is 1. The first kappa shape index (κ1) is 7.50. The van der Waals surface area contributed by atoms with Crippen molar-refractivity contribution in [3.8, 4) is 6.07 Å². The van der Waals surface area contributed by atoms with Crippen LogP contribution in [0.4, 0.5) is 0 Å². The standard InChI is InChI=1S/C5H5N3O/c6-1-4(2-7)5(9)3-8/h1,3-4,6,8H. The fourth-order valence-corrected chi connectivity index (χ4v) is 0.273. The smallest absolute Gasteiger partial charge is 0.195 e. The number of ketones is 1. The van der Waals surface area contributed by atoms with Crippen molar-refractivity contribution in [1.29, 1.82) is 16.1 Å². The average Bonchev–Trinajstić information content (AvgIpc) is 1.90.